The number of halogens is 1. The fourth-order valence-corrected chi connectivity index (χ4v) is 4.00. The number of rotatable bonds is 8. The molecule has 0 saturated carbocycles. The minimum atomic E-state index is -0.314. The molecule has 0 unspecified atom stereocenters. The number of carbonyl (C=O) groups excluding carboxylic acids is 1. The van der Waals surface area contributed by atoms with Crippen LogP contribution in [0, 0.1) is 12.7 Å². The molecule has 7 nitrogen and oxygen atoms in total. The maximum absolute atomic E-state index is 13.3. The summed E-state index contributed by atoms with van der Waals surface area (Å²) in [5, 5.41) is 7.77. The molecule has 3 aromatic rings. The summed E-state index contributed by atoms with van der Waals surface area (Å²) in [6.07, 6.45) is 4.75. The smallest absolute Gasteiger partial charge is 0.246 e. The van der Waals surface area contributed by atoms with E-state index in [9.17, 15) is 9.18 Å². The second-order valence-corrected chi connectivity index (χ2v) is 8.65. The lowest BCUT2D eigenvalue weighted by Gasteiger charge is -2.31. The van der Waals surface area contributed by atoms with Gasteiger partial charge in [0, 0.05) is 45.1 Å². The Labute approximate surface area is 198 Å². The van der Waals surface area contributed by atoms with Gasteiger partial charge >= 0.3 is 0 Å². The molecule has 1 aliphatic rings. The van der Waals surface area contributed by atoms with E-state index in [-0.39, 0.29) is 17.8 Å². The van der Waals surface area contributed by atoms with Crippen LogP contribution in [0.3, 0.4) is 0 Å². The zero-order chi connectivity index (χ0) is 23.9. The molecule has 0 spiro atoms. The summed E-state index contributed by atoms with van der Waals surface area (Å²) in [7, 11) is 2.02. The number of carbonyl (C=O) groups is 1. The van der Waals surface area contributed by atoms with Gasteiger partial charge in [0.25, 0.3) is 0 Å². The van der Waals surface area contributed by atoms with E-state index >= 15 is 0 Å². The Balaban J connectivity index is 1.25. The molecule has 1 aromatic heterocycles. The highest BCUT2D eigenvalue weighted by Crippen LogP contribution is 2.21. The summed E-state index contributed by atoms with van der Waals surface area (Å²) in [5.74, 6) is 0.455. The Morgan fingerprint density at radius 2 is 1.97 bits per heavy atom. The van der Waals surface area contributed by atoms with E-state index in [1.807, 2.05) is 31.0 Å². The van der Waals surface area contributed by atoms with Crippen LogP contribution < -0.4 is 4.74 Å². The van der Waals surface area contributed by atoms with Crippen molar-refractivity contribution in [3.05, 3.63) is 82.9 Å². The van der Waals surface area contributed by atoms with Crippen LogP contribution in [0.4, 0.5) is 4.39 Å². The van der Waals surface area contributed by atoms with Gasteiger partial charge in [0.2, 0.25) is 5.91 Å². The molecule has 0 aliphatic carbocycles. The van der Waals surface area contributed by atoms with Crippen LogP contribution in [-0.2, 0) is 17.9 Å². The van der Waals surface area contributed by atoms with Gasteiger partial charge in [-0.2, -0.15) is 0 Å². The van der Waals surface area contributed by atoms with Gasteiger partial charge in [-0.3, -0.25) is 9.69 Å². The average Bonchev–Trinajstić information content (AvgIpc) is 3.22. The van der Waals surface area contributed by atoms with Crippen LogP contribution in [-0.4, -0.2) is 52.3 Å². The Bertz CT molecular complexity index is 1140. The number of likely N-dealkylation sites (tertiary alicyclic amines) is 1. The Kier molecular flexibility index (Phi) is 7.69. The fraction of sp³-hybridized carbons (Fsp3) is 0.346. The van der Waals surface area contributed by atoms with Gasteiger partial charge in [0.1, 0.15) is 29.1 Å². The van der Waals surface area contributed by atoms with Crippen molar-refractivity contribution in [3.63, 3.8) is 0 Å². The number of amides is 1. The summed E-state index contributed by atoms with van der Waals surface area (Å²) >= 11 is 0. The molecule has 2 heterocycles. The van der Waals surface area contributed by atoms with Gasteiger partial charge in [0.05, 0.1) is 0 Å². The number of aryl methyl sites for hydroxylation is 1. The molecule has 34 heavy (non-hydrogen) atoms. The summed E-state index contributed by atoms with van der Waals surface area (Å²) in [4.78, 5) is 16.4. The van der Waals surface area contributed by atoms with Crippen molar-refractivity contribution in [2.45, 2.75) is 39.0 Å². The summed E-state index contributed by atoms with van der Waals surface area (Å²) in [6, 6.07) is 14.3. The van der Waals surface area contributed by atoms with Crippen LogP contribution in [0.5, 0.6) is 5.75 Å². The first-order valence-electron chi connectivity index (χ1n) is 11.4. The molecule has 1 aliphatic heterocycles. The second-order valence-electron chi connectivity index (χ2n) is 8.65. The summed E-state index contributed by atoms with van der Waals surface area (Å²) in [5.41, 5.74) is 3.45. The van der Waals surface area contributed by atoms with Gasteiger partial charge in [-0.25, -0.2) is 9.02 Å². The molecule has 0 radical (unpaired) electrons. The lowest BCUT2D eigenvalue weighted by molar-refractivity contribution is -0.127. The van der Waals surface area contributed by atoms with E-state index in [0.717, 1.165) is 42.1 Å². The number of benzene rings is 2. The maximum atomic E-state index is 13.3. The van der Waals surface area contributed by atoms with Crippen molar-refractivity contribution in [3.8, 4) is 5.75 Å². The molecule has 0 bridgehead atoms. The molecule has 8 heteroatoms. The summed E-state index contributed by atoms with van der Waals surface area (Å²) < 4.78 is 24.3. The van der Waals surface area contributed by atoms with Crippen LogP contribution in [0.2, 0.25) is 0 Å². The average molecular weight is 465 g/mol. The summed E-state index contributed by atoms with van der Waals surface area (Å²) in [6.45, 7) is 4.54. The standard InChI is InChI=1S/C26H29FN4O3/c1-19-25(29-34-28-19)18-30(2)17-21-6-4-8-24(16-21)33-23-11-13-31(14-12-23)26(32)10-9-20-5-3-7-22(27)15-20/h3-10,15-16,23H,11-14,17-18H2,1-2H3/b10-9+. The maximum Gasteiger partial charge on any atom is 0.246 e. The number of hydrogen-bond donors (Lipinski definition) is 0. The second kappa shape index (κ2) is 11.1. The predicted molar refractivity (Wildman–Crippen MR) is 126 cm³/mol. The zero-order valence-corrected chi connectivity index (χ0v) is 19.5. The first kappa shape index (κ1) is 23.6. The topological polar surface area (TPSA) is 71.7 Å². The number of ether oxygens (including phenoxy) is 1. The Hall–Kier alpha value is -3.52. The minimum absolute atomic E-state index is 0.0630. The van der Waals surface area contributed by atoms with E-state index in [1.165, 1.54) is 18.2 Å². The van der Waals surface area contributed by atoms with Gasteiger partial charge in [0.15, 0.2) is 0 Å². The first-order chi connectivity index (χ1) is 16.5. The normalized spacial score (nSPS) is 14.8. The minimum Gasteiger partial charge on any atom is -0.490 e. The van der Waals surface area contributed by atoms with Gasteiger partial charge in [-0.05, 0) is 55.4 Å². The fourth-order valence-electron chi connectivity index (χ4n) is 4.00. The number of aromatic nitrogens is 2. The van der Waals surface area contributed by atoms with Gasteiger partial charge < -0.3 is 9.64 Å². The molecule has 2 aromatic carbocycles. The molecule has 1 amide bonds. The molecule has 1 fully saturated rings. The highest BCUT2D eigenvalue weighted by atomic mass is 19.1. The van der Waals surface area contributed by atoms with Crippen LogP contribution in [0.15, 0.2) is 59.2 Å². The van der Waals surface area contributed by atoms with Crippen LogP contribution in [0.1, 0.15) is 35.4 Å². The molecular formula is C26H29FN4O3. The molecular weight excluding hydrogens is 435 g/mol. The monoisotopic (exact) mass is 464 g/mol. The SMILES string of the molecule is Cc1nonc1CN(C)Cc1cccc(OC2CCN(C(=O)/C=C/c3cccc(F)c3)CC2)c1. The van der Waals surface area contributed by atoms with E-state index in [4.69, 9.17) is 9.37 Å². The van der Waals surface area contributed by atoms with Crippen molar-refractivity contribution in [2.24, 2.45) is 0 Å². The quantitative estimate of drug-likeness (QED) is 0.465. The van der Waals surface area contributed by atoms with E-state index in [2.05, 4.69) is 27.3 Å². The molecule has 0 atom stereocenters. The zero-order valence-electron chi connectivity index (χ0n) is 19.5. The highest BCUT2D eigenvalue weighted by Gasteiger charge is 2.23. The lowest BCUT2D eigenvalue weighted by Crippen LogP contribution is -2.41. The third kappa shape index (κ3) is 6.51. The largest absolute Gasteiger partial charge is 0.490 e. The number of piperidine rings is 1. The van der Waals surface area contributed by atoms with E-state index < -0.39 is 0 Å². The van der Waals surface area contributed by atoms with Crippen LogP contribution in [0.25, 0.3) is 6.08 Å². The van der Waals surface area contributed by atoms with Crippen molar-refractivity contribution in [1.82, 2.24) is 20.1 Å². The van der Waals surface area contributed by atoms with E-state index in [0.29, 0.717) is 25.2 Å². The molecule has 1 saturated heterocycles. The van der Waals surface area contributed by atoms with Crippen molar-refractivity contribution < 1.29 is 18.6 Å². The van der Waals surface area contributed by atoms with Gasteiger partial charge in [-0.1, -0.05) is 34.6 Å². The first-order valence-corrected chi connectivity index (χ1v) is 11.4. The predicted octanol–water partition coefficient (Wildman–Crippen LogP) is 4.23. The molecule has 178 valence electrons. The molecule has 0 N–H and O–H groups in total. The highest BCUT2D eigenvalue weighted by molar-refractivity contribution is 5.91. The van der Waals surface area contributed by atoms with Crippen molar-refractivity contribution in [1.29, 1.82) is 0 Å². The molecule has 4 rings (SSSR count). The van der Waals surface area contributed by atoms with Gasteiger partial charge in [-0.15, -0.1) is 0 Å². The number of hydrogen-bond acceptors (Lipinski definition) is 6. The van der Waals surface area contributed by atoms with Crippen LogP contribution >= 0.6 is 0 Å². The van der Waals surface area contributed by atoms with Crippen molar-refractivity contribution in [2.75, 3.05) is 20.1 Å². The Morgan fingerprint density at radius 3 is 2.71 bits per heavy atom. The van der Waals surface area contributed by atoms with E-state index in [1.54, 1.807) is 18.2 Å². The Morgan fingerprint density at radius 1 is 1.18 bits per heavy atom. The van der Waals surface area contributed by atoms with Crippen molar-refractivity contribution >= 4 is 12.0 Å². The third-order valence-electron chi connectivity index (χ3n) is 5.84. The lowest BCUT2D eigenvalue weighted by atomic mass is 10.1. The third-order valence-corrected chi connectivity index (χ3v) is 5.84. The number of nitrogens with zero attached hydrogens (tertiary/aromatic N) is 4.